The van der Waals surface area contributed by atoms with Crippen molar-refractivity contribution in [1.29, 1.82) is 0 Å². The Morgan fingerprint density at radius 1 is 1.25 bits per heavy atom. The first-order valence-electron chi connectivity index (χ1n) is 7.85. The van der Waals surface area contributed by atoms with E-state index in [1.807, 2.05) is 36.4 Å². The molecule has 0 bridgehead atoms. The van der Waals surface area contributed by atoms with Gasteiger partial charge < -0.3 is 19.7 Å². The first-order valence-corrected chi connectivity index (χ1v) is 7.85. The maximum atomic E-state index is 12.1. The number of para-hydroxylation sites is 1. The fourth-order valence-corrected chi connectivity index (χ4v) is 2.09. The summed E-state index contributed by atoms with van der Waals surface area (Å²) in [5.41, 5.74) is 0.941. The van der Waals surface area contributed by atoms with Crippen molar-refractivity contribution < 1.29 is 14.3 Å². The molecular weight excluding hydrogens is 306 g/mol. The van der Waals surface area contributed by atoms with E-state index >= 15 is 0 Å². The van der Waals surface area contributed by atoms with Gasteiger partial charge >= 0.3 is 6.03 Å². The number of ether oxygens (including phenoxy) is 2. The monoisotopic (exact) mass is 329 g/mol. The van der Waals surface area contributed by atoms with Gasteiger partial charge in [0, 0.05) is 32.4 Å². The summed E-state index contributed by atoms with van der Waals surface area (Å²) in [6, 6.07) is 13.2. The van der Waals surface area contributed by atoms with Crippen molar-refractivity contribution in [1.82, 2.24) is 15.2 Å². The molecule has 0 aliphatic rings. The normalized spacial score (nSPS) is 10.1. The van der Waals surface area contributed by atoms with Crippen LogP contribution in [-0.4, -0.2) is 43.2 Å². The topological polar surface area (TPSA) is 63.7 Å². The number of hydrogen-bond acceptors (Lipinski definition) is 4. The highest BCUT2D eigenvalue weighted by Crippen LogP contribution is 2.09. The lowest BCUT2D eigenvalue weighted by molar-refractivity contribution is 0.203. The van der Waals surface area contributed by atoms with E-state index in [9.17, 15) is 4.79 Å². The molecule has 6 heteroatoms. The average Bonchev–Trinajstić information content (AvgIpc) is 2.64. The summed E-state index contributed by atoms with van der Waals surface area (Å²) in [5.74, 6) is 1.38. The zero-order valence-electron chi connectivity index (χ0n) is 14.1. The minimum absolute atomic E-state index is 0.120. The van der Waals surface area contributed by atoms with Crippen molar-refractivity contribution >= 4 is 6.03 Å². The SMILES string of the molecule is COc1cc(CNC(=O)N(C)CCCOc2ccccc2)ccn1. The van der Waals surface area contributed by atoms with E-state index in [0.717, 1.165) is 17.7 Å². The van der Waals surface area contributed by atoms with Gasteiger partial charge in [0.25, 0.3) is 0 Å². The predicted molar refractivity (Wildman–Crippen MR) is 92.2 cm³/mol. The van der Waals surface area contributed by atoms with E-state index in [4.69, 9.17) is 9.47 Å². The summed E-state index contributed by atoms with van der Waals surface area (Å²) in [6.07, 6.45) is 2.42. The maximum absolute atomic E-state index is 12.1. The summed E-state index contributed by atoms with van der Waals surface area (Å²) in [4.78, 5) is 17.7. The van der Waals surface area contributed by atoms with Crippen LogP contribution in [0.5, 0.6) is 11.6 Å². The third kappa shape index (κ3) is 5.79. The number of urea groups is 1. The molecule has 1 heterocycles. The van der Waals surface area contributed by atoms with Crippen LogP contribution in [0.4, 0.5) is 4.79 Å². The number of methoxy groups -OCH3 is 1. The second-order valence-corrected chi connectivity index (χ2v) is 5.30. The number of rotatable bonds is 8. The lowest BCUT2D eigenvalue weighted by atomic mass is 10.2. The highest BCUT2D eigenvalue weighted by molar-refractivity contribution is 5.73. The summed E-state index contributed by atoms with van der Waals surface area (Å²) < 4.78 is 10.7. The van der Waals surface area contributed by atoms with Crippen LogP contribution in [-0.2, 0) is 6.54 Å². The number of nitrogens with one attached hydrogen (secondary N) is 1. The second-order valence-electron chi connectivity index (χ2n) is 5.30. The van der Waals surface area contributed by atoms with Crippen LogP contribution in [0.15, 0.2) is 48.7 Å². The quantitative estimate of drug-likeness (QED) is 0.756. The molecule has 1 N–H and O–H groups in total. The number of nitrogens with zero attached hydrogens (tertiary/aromatic N) is 2. The first-order chi connectivity index (χ1) is 11.7. The lowest BCUT2D eigenvalue weighted by Crippen LogP contribution is -2.37. The number of benzene rings is 1. The molecule has 2 rings (SSSR count). The standard InChI is InChI=1S/C18H23N3O3/c1-21(11-6-12-24-16-7-4-3-5-8-16)18(22)20-14-15-9-10-19-17(13-15)23-2/h3-5,7-10,13H,6,11-12,14H2,1-2H3,(H,20,22). The zero-order valence-corrected chi connectivity index (χ0v) is 14.1. The van der Waals surface area contributed by atoms with Gasteiger partial charge in [0.2, 0.25) is 5.88 Å². The van der Waals surface area contributed by atoms with Gasteiger partial charge in [0.15, 0.2) is 0 Å². The van der Waals surface area contributed by atoms with Crippen molar-refractivity contribution in [3.63, 3.8) is 0 Å². The van der Waals surface area contributed by atoms with Gasteiger partial charge in [-0.15, -0.1) is 0 Å². The molecule has 6 nitrogen and oxygen atoms in total. The van der Waals surface area contributed by atoms with Crippen molar-refractivity contribution in [3.8, 4) is 11.6 Å². The average molecular weight is 329 g/mol. The molecule has 24 heavy (non-hydrogen) atoms. The van der Waals surface area contributed by atoms with Gasteiger partial charge in [-0.25, -0.2) is 9.78 Å². The van der Waals surface area contributed by atoms with Gasteiger partial charge in [-0.1, -0.05) is 18.2 Å². The maximum Gasteiger partial charge on any atom is 0.317 e. The Morgan fingerprint density at radius 3 is 2.79 bits per heavy atom. The minimum Gasteiger partial charge on any atom is -0.494 e. The van der Waals surface area contributed by atoms with Gasteiger partial charge in [0.05, 0.1) is 13.7 Å². The minimum atomic E-state index is -0.120. The van der Waals surface area contributed by atoms with Gasteiger partial charge in [-0.3, -0.25) is 0 Å². The van der Waals surface area contributed by atoms with Crippen LogP contribution in [0.1, 0.15) is 12.0 Å². The summed E-state index contributed by atoms with van der Waals surface area (Å²) in [5, 5.41) is 2.87. The van der Waals surface area contributed by atoms with Crippen LogP contribution in [0.3, 0.4) is 0 Å². The van der Waals surface area contributed by atoms with Gasteiger partial charge in [-0.2, -0.15) is 0 Å². The molecule has 0 spiro atoms. The van der Waals surface area contributed by atoms with Crippen LogP contribution in [0, 0.1) is 0 Å². The molecule has 0 fully saturated rings. The Balaban J connectivity index is 1.66. The number of aromatic nitrogens is 1. The largest absolute Gasteiger partial charge is 0.494 e. The van der Waals surface area contributed by atoms with Crippen LogP contribution >= 0.6 is 0 Å². The number of hydrogen-bond donors (Lipinski definition) is 1. The molecule has 0 aliphatic carbocycles. The number of carbonyl (C=O) groups is 1. The lowest BCUT2D eigenvalue weighted by Gasteiger charge is -2.18. The molecule has 0 saturated carbocycles. The van der Waals surface area contributed by atoms with Gasteiger partial charge in [0.1, 0.15) is 5.75 Å². The summed E-state index contributed by atoms with van der Waals surface area (Å²) in [7, 11) is 3.33. The Bertz CT molecular complexity index is 634. The van der Waals surface area contributed by atoms with Crippen LogP contribution in [0.2, 0.25) is 0 Å². The zero-order chi connectivity index (χ0) is 17.2. The van der Waals surface area contributed by atoms with E-state index in [2.05, 4.69) is 10.3 Å². The van der Waals surface area contributed by atoms with E-state index in [-0.39, 0.29) is 6.03 Å². The second kappa shape index (κ2) is 9.39. The molecule has 0 saturated heterocycles. The summed E-state index contributed by atoms with van der Waals surface area (Å²) in [6.45, 7) is 1.63. The Morgan fingerprint density at radius 2 is 2.04 bits per heavy atom. The van der Waals surface area contributed by atoms with E-state index in [1.165, 1.54) is 0 Å². The summed E-state index contributed by atoms with van der Waals surface area (Å²) >= 11 is 0. The molecule has 2 amide bonds. The Hall–Kier alpha value is -2.76. The van der Waals surface area contributed by atoms with Crippen LogP contribution in [0.25, 0.3) is 0 Å². The third-order valence-electron chi connectivity index (χ3n) is 3.45. The highest BCUT2D eigenvalue weighted by Gasteiger charge is 2.08. The molecule has 0 atom stereocenters. The van der Waals surface area contributed by atoms with Crippen molar-refractivity contribution in [2.75, 3.05) is 27.3 Å². The molecule has 1 aromatic carbocycles. The third-order valence-corrected chi connectivity index (χ3v) is 3.45. The first kappa shape index (κ1) is 17.6. The molecule has 2 aromatic rings. The fraction of sp³-hybridized carbons (Fsp3) is 0.333. The number of carbonyl (C=O) groups excluding carboxylic acids is 1. The van der Waals surface area contributed by atoms with Crippen molar-refractivity contribution in [3.05, 3.63) is 54.2 Å². The Labute approximate surface area is 142 Å². The molecular formula is C18H23N3O3. The fourth-order valence-electron chi connectivity index (χ4n) is 2.09. The Kier molecular flexibility index (Phi) is 6.89. The van der Waals surface area contributed by atoms with Gasteiger partial charge in [-0.05, 0) is 30.2 Å². The van der Waals surface area contributed by atoms with Crippen molar-refractivity contribution in [2.45, 2.75) is 13.0 Å². The molecule has 0 aliphatic heterocycles. The smallest absolute Gasteiger partial charge is 0.317 e. The predicted octanol–water partition coefficient (Wildman–Crippen LogP) is 2.70. The van der Waals surface area contributed by atoms with E-state index in [0.29, 0.717) is 25.6 Å². The molecule has 1 aromatic heterocycles. The van der Waals surface area contributed by atoms with E-state index in [1.54, 1.807) is 31.3 Å². The molecule has 0 unspecified atom stereocenters. The van der Waals surface area contributed by atoms with Crippen molar-refractivity contribution in [2.24, 2.45) is 0 Å². The molecule has 0 radical (unpaired) electrons. The number of pyridine rings is 1. The molecule has 128 valence electrons. The highest BCUT2D eigenvalue weighted by atomic mass is 16.5. The van der Waals surface area contributed by atoms with Crippen LogP contribution < -0.4 is 14.8 Å². The van der Waals surface area contributed by atoms with E-state index < -0.39 is 0 Å². The number of amides is 2.